The van der Waals surface area contributed by atoms with Gasteiger partial charge in [0.2, 0.25) is 11.7 Å². The van der Waals surface area contributed by atoms with Gasteiger partial charge in [0, 0.05) is 17.7 Å². The Hall–Kier alpha value is -3.55. The molecule has 3 aromatic rings. The quantitative estimate of drug-likeness (QED) is 0.575. The second-order valence-electron chi connectivity index (χ2n) is 6.13. The summed E-state index contributed by atoms with van der Waals surface area (Å²) >= 11 is 0. The Balaban J connectivity index is 1.76. The zero-order chi connectivity index (χ0) is 20.8. The molecule has 1 aromatic heterocycles. The molecule has 8 heteroatoms. The smallest absolute Gasteiger partial charge is 0.254 e. The number of hydrogen-bond acceptors (Lipinski definition) is 7. The number of carbonyl (C=O) groups is 1. The highest BCUT2D eigenvalue weighted by Gasteiger charge is 2.19. The molecule has 0 spiro atoms. The zero-order valence-corrected chi connectivity index (χ0v) is 16.8. The van der Waals surface area contributed by atoms with E-state index in [2.05, 4.69) is 10.1 Å². The van der Waals surface area contributed by atoms with E-state index in [0.29, 0.717) is 41.1 Å². The predicted octanol–water partition coefficient (Wildman–Crippen LogP) is 3.42. The van der Waals surface area contributed by atoms with Crippen LogP contribution in [0.1, 0.15) is 23.2 Å². The Morgan fingerprint density at radius 2 is 1.72 bits per heavy atom. The van der Waals surface area contributed by atoms with Crippen LogP contribution in [0.5, 0.6) is 17.2 Å². The summed E-state index contributed by atoms with van der Waals surface area (Å²) in [6.07, 6.45) is 0. The van der Waals surface area contributed by atoms with Crippen LogP contribution in [0, 0.1) is 0 Å². The van der Waals surface area contributed by atoms with Crippen LogP contribution >= 0.6 is 0 Å². The number of aromatic nitrogens is 2. The van der Waals surface area contributed by atoms with Crippen LogP contribution < -0.4 is 14.2 Å². The lowest BCUT2D eigenvalue weighted by atomic mass is 10.2. The average Bonchev–Trinajstić information content (AvgIpc) is 3.25. The van der Waals surface area contributed by atoms with Gasteiger partial charge in [-0.15, -0.1) is 0 Å². The summed E-state index contributed by atoms with van der Waals surface area (Å²) in [5.74, 6) is 2.51. The lowest BCUT2D eigenvalue weighted by molar-refractivity contribution is 0.0734. The number of nitrogens with zero attached hydrogens (tertiary/aromatic N) is 3. The normalized spacial score (nSPS) is 10.5. The maximum absolute atomic E-state index is 12.8. The first-order chi connectivity index (χ1) is 14.1. The number of ether oxygens (including phenoxy) is 3. The Morgan fingerprint density at radius 3 is 2.34 bits per heavy atom. The lowest BCUT2D eigenvalue weighted by Crippen LogP contribution is -2.30. The van der Waals surface area contributed by atoms with Crippen molar-refractivity contribution in [3.63, 3.8) is 0 Å². The van der Waals surface area contributed by atoms with Gasteiger partial charge in [-0.3, -0.25) is 4.79 Å². The highest BCUT2D eigenvalue weighted by Crippen LogP contribution is 2.31. The summed E-state index contributed by atoms with van der Waals surface area (Å²) in [6, 6.07) is 12.3. The molecule has 0 radical (unpaired) electrons. The molecule has 0 aliphatic heterocycles. The van der Waals surface area contributed by atoms with Crippen molar-refractivity contribution in [2.75, 3.05) is 27.9 Å². The van der Waals surface area contributed by atoms with Crippen molar-refractivity contribution in [2.45, 2.75) is 13.5 Å². The van der Waals surface area contributed by atoms with Gasteiger partial charge in [0.25, 0.3) is 5.91 Å². The van der Waals surface area contributed by atoms with E-state index >= 15 is 0 Å². The summed E-state index contributed by atoms with van der Waals surface area (Å²) in [7, 11) is 4.72. The van der Waals surface area contributed by atoms with Crippen LogP contribution in [0.3, 0.4) is 0 Å². The fourth-order valence-corrected chi connectivity index (χ4v) is 2.82. The molecule has 2 aromatic carbocycles. The van der Waals surface area contributed by atoms with Crippen molar-refractivity contribution in [1.29, 1.82) is 0 Å². The molecule has 0 saturated carbocycles. The number of benzene rings is 2. The molecular formula is C21H23N3O5. The molecule has 0 aliphatic rings. The van der Waals surface area contributed by atoms with Crippen LogP contribution in [-0.2, 0) is 6.54 Å². The highest BCUT2D eigenvalue weighted by atomic mass is 16.5. The minimum Gasteiger partial charge on any atom is -0.497 e. The summed E-state index contributed by atoms with van der Waals surface area (Å²) in [5, 5.41) is 4.02. The fourth-order valence-electron chi connectivity index (χ4n) is 2.82. The number of amides is 1. The third-order valence-corrected chi connectivity index (χ3v) is 4.44. The van der Waals surface area contributed by atoms with E-state index in [9.17, 15) is 4.79 Å². The first-order valence-electron chi connectivity index (χ1n) is 9.07. The van der Waals surface area contributed by atoms with Crippen molar-refractivity contribution >= 4 is 5.91 Å². The molecule has 0 unspecified atom stereocenters. The van der Waals surface area contributed by atoms with E-state index in [0.717, 1.165) is 5.56 Å². The summed E-state index contributed by atoms with van der Waals surface area (Å²) in [6.45, 7) is 2.60. The molecule has 1 heterocycles. The Kier molecular flexibility index (Phi) is 6.33. The van der Waals surface area contributed by atoms with Gasteiger partial charge in [-0.05, 0) is 49.4 Å². The molecule has 0 atom stereocenters. The molecule has 8 nitrogen and oxygen atoms in total. The van der Waals surface area contributed by atoms with Gasteiger partial charge < -0.3 is 23.6 Å². The van der Waals surface area contributed by atoms with Gasteiger partial charge in [0.05, 0.1) is 21.3 Å². The van der Waals surface area contributed by atoms with E-state index in [1.807, 2.05) is 13.0 Å². The SMILES string of the molecule is CCN(Cc1nc(-c2ccc(OC)c(OC)c2)no1)C(=O)c1ccc(OC)cc1. The van der Waals surface area contributed by atoms with E-state index < -0.39 is 0 Å². The van der Waals surface area contributed by atoms with Gasteiger partial charge in [0.1, 0.15) is 12.3 Å². The van der Waals surface area contributed by atoms with E-state index in [4.69, 9.17) is 18.7 Å². The predicted molar refractivity (Wildman–Crippen MR) is 106 cm³/mol. The molecule has 0 bridgehead atoms. The van der Waals surface area contributed by atoms with E-state index in [-0.39, 0.29) is 12.5 Å². The van der Waals surface area contributed by atoms with Gasteiger partial charge in [-0.2, -0.15) is 4.98 Å². The van der Waals surface area contributed by atoms with Gasteiger partial charge in [-0.25, -0.2) is 0 Å². The zero-order valence-electron chi connectivity index (χ0n) is 16.8. The first-order valence-corrected chi connectivity index (χ1v) is 9.07. The number of hydrogen-bond donors (Lipinski definition) is 0. The summed E-state index contributed by atoms with van der Waals surface area (Å²) < 4.78 is 21.0. The van der Waals surface area contributed by atoms with Crippen LogP contribution in [-0.4, -0.2) is 48.8 Å². The van der Waals surface area contributed by atoms with Crippen LogP contribution in [0.25, 0.3) is 11.4 Å². The monoisotopic (exact) mass is 397 g/mol. The van der Waals surface area contributed by atoms with Crippen LogP contribution in [0.4, 0.5) is 0 Å². The number of rotatable bonds is 8. The van der Waals surface area contributed by atoms with Crippen molar-refractivity contribution in [2.24, 2.45) is 0 Å². The van der Waals surface area contributed by atoms with Crippen LogP contribution in [0.15, 0.2) is 47.0 Å². The van der Waals surface area contributed by atoms with Crippen molar-refractivity contribution in [1.82, 2.24) is 15.0 Å². The highest BCUT2D eigenvalue weighted by molar-refractivity contribution is 5.94. The molecule has 1 amide bonds. The topological polar surface area (TPSA) is 86.9 Å². The fraction of sp³-hybridized carbons (Fsp3) is 0.286. The van der Waals surface area contributed by atoms with Gasteiger partial charge in [-0.1, -0.05) is 5.16 Å². The second-order valence-corrected chi connectivity index (χ2v) is 6.13. The molecule has 29 heavy (non-hydrogen) atoms. The molecule has 3 rings (SSSR count). The molecule has 0 saturated heterocycles. The molecular weight excluding hydrogens is 374 g/mol. The third-order valence-electron chi connectivity index (χ3n) is 4.44. The van der Waals surface area contributed by atoms with Crippen molar-refractivity contribution in [3.05, 3.63) is 53.9 Å². The number of carbonyl (C=O) groups excluding carboxylic acids is 1. The minimum absolute atomic E-state index is 0.124. The van der Waals surface area contributed by atoms with E-state index in [1.54, 1.807) is 62.6 Å². The maximum atomic E-state index is 12.8. The second kappa shape index (κ2) is 9.09. The summed E-state index contributed by atoms with van der Waals surface area (Å²) in [4.78, 5) is 18.8. The number of methoxy groups -OCH3 is 3. The standard InChI is InChI=1S/C21H23N3O5/c1-5-24(21(25)14-6-9-16(26-2)10-7-14)13-19-22-20(23-29-19)15-8-11-17(27-3)18(12-15)28-4/h6-12H,5,13H2,1-4H3. The summed E-state index contributed by atoms with van der Waals surface area (Å²) in [5.41, 5.74) is 1.29. The molecule has 0 fully saturated rings. The maximum Gasteiger partial charge on any atom is 0.254 e. The van der Waals surface area contributed by atoms with Crippen molar-refractivity contribution < 1.29 is 23.5 Å². The van der Waals surface area contributed by atoms with Crippen molar-refractivity contribution in [3.8, 4) is 28.6 Å². The van der Waals surface area contributed by atoms with Crippen LogP contribution in [0.2, 0.25) is 0 Å². The van der Waals surface area contributed by atoms with Gasteiger partial charge >= 0.3 is 0 Å². The molecule has 152 valence electrons. The Labute approximate surface area is 169 Å². The molecule has 0 aliphatic carbocycles. The Morgan fingerprint density at radius 1 is 1.00 bits per heavy atom. The largest absolute Gasteiger partial charge is 0.497 e. The first kappa shape index (κ1) is 20.2. The average molecular weight is 397 g/mol. The minimum atomic E-state index is -0.124. The Bertz CT molecular complexity index is 969. The van der Waals surface area contributed by atoms with E-state index in [1.165, 1.54) is 0 Å². The lowest BCUT2D eigenvalue weighted by Gasteiger charge is -2.18. The third kappa shape index (κ3) is 4.48. The molecule has 0 N–H and O–H groups in total. The van der Waals surface area contributed by atoms with Gasteiger partial charge in [0.15, 0.2) is 11.5 Å².